The molecule has 0 unspecified atom stereocenters. The number of rotatable bonds is 2. The maximum atomic E-state index is 3.75. The first-order chi connectivity index (χ1) is 5.29. The molecular formula is C11H12Pt. The van der Waals surface area contributed by atoms with E-state index in [0.717, 1.165) is 5.56 Å². The van der Waals surface area contributed by atoms with Crippen LogP contribution in [0.2, 0.25) is 0 Å². The SMILES string of the molecule is C=Cc1cccc(C)c1C=C.[Pt]. The number of hydrogen-bond donors (Lipinski definition) is 0. The first kappa shape index (κ1) is 11.4. The van der Waals surface area contributed by atoms with E-state index in [1.807, 2.05) is 24.3 Å². The van der Waals surface area contributed by atoms with Crippen LogP contribution in [0, 0.1) is 6.92 Å². The second-order valence-electron chi connectivity index (χ2n) is 2.49. The number of aryl methyl sites for hydroxylation is 1. The molecule has 0 bridgehead atoms. The summed E-state index contributed by atoms with van der Waals surface area (Å²) in [5.41, 5.74) is 3.58. The van der Waals surface area contributed by atoms with Crippen LogP contribution in [-0.4, -0.2) is 0 Å². The molecule has 0 N–H and O–H groups in total. The van der Waals surface area contributed by atoms with Gasteiger partial charge in [-0.15, -0.1) is 0 Å². The molecule has 0 heterocycles. The quantitative estimate of drug-likeness (QED) is 0.776. The summed E-state index contributed by atoms with van der Waals surface area (Å²) >= 11 is 0. The Balaban J connectivity index is 0.00000121. The van der Waals surface area contributed by atoms with Crippen LogP contribution in [0.25, 0.3) is 12.2 Å². The normalized spacial score (nSPS) is 8.42. The van der Waals surface area contributed by atoms with Gasteiger partial charge in [-0.1, -0.05) is 43.5 Å². The largest absolute Gasteiger partial charge is 0.0984 e. The third-order valence-corrected chi connectivity index (χ3v) is 1.78. The summed E-state index contributed by atoms with van der Waals surface area (Å²) in [5, 5.41) is 0. The molecule has 66 valence electrons. The van der Waals surface area contributed by atoms with Crippen molar-refractivity contribution < 1.29 is 21.1 Å². The van der Waals surface area contributed by atoms with Gasteiger partial charge in [0.1, 0.15) is 0 Å². The standard InChI is InChI=1S/C11H12.Pt/c1-4-10-8-6-7-9(3)11(10)5-2;/h4-8H,1-2H2,3H3;. The van der Waals surface area contributed by atoms with Crippen molar-refractivity contribution in [1.82, 2.24) is 0 Å². The Morgan fingerprint density at radius 2 is 1.83 bits per heavy atom. The summed E-state index contributed by atoms with van der Waals surface area (Å²) in [5.74, 6) is 0. The average molecular weight is 339 g/mol. The van der Waals surface area contributed by atoms with E-state index in [9.17, 15) is 0 Å². The Hall–Kier alpha value is -0.612. The first-order valence-corrected chi connectivity index (χ1v) is 3.64. The van der Waals surface area contributed by atoms with Crippen molar-refractivity contribution in [2.75, 3.05) is 0 Å². The number of hydrogen-bond acceptors (Lipinski definition) is 0. The third kappa shape index (κ3) is 2.18. The maximum Gasteiger partial charge on any atom is 0 e. The molecule has 0 aliphatic heterocycles. The topological polar surface area (TPSA) is 0 Å². The van der Waals surface area contributed by atoms with Gasteiger partial charge >= 0.3 is 0 Å². The molecule has 0 radical (unpaired) electrons. The zero-order chi connectivity index (χ0) is 8.27. The fraction of sp³-hybridized carbons (Fsp3) is 0.0909. The predicted molar refractivity (Wildman–Crippen MR) is 51.4 cm³/mol. The van der Waals surface area contributed by atoms with Crippen LogP contribution >= 0.6 is 0 Å². The van der Waals surface area contributed by atoms with Crippen molar-refractivity contribution in [2.24, 2.45) is 0 Å². The van der Waals surface area contributed by atoms with Crippen molar-refractivity contribution in [3.8, 4) is 0 Å². The van der Waals surface area contributed by atoms with Crippen LogP contribution in [0.5, 0.6) is 0 Å². The van der Waals surface area contributed by atoms with Gasteiger partial charge in [0.05, 0.1) is 0 Å². The average Bonchev–Trinajstić information content (AvgIpc) is 2.04. The van der Waals surface area contributed by atoms with Crippen molar-refractivity contribution in [1.29, 1.82) is 0 Å². The van der Waals surface area contributed by atoms with Crippen LogP contribution < -0.4 is 0 Å². The summed E-state index contributed by atoms with van der Waals surface area (Å²) in [6, 6.07) is 6.14. The van der Waals surface area contributed by atoms with Crippen LogP contribution in [0.15, 0.2) is 31.4 Å². The van der Waals surface area contributed by atoms with Gasteiger partial charge in [0.2, 0.25) is 0 Å². The van der Waals surface area contributed by atoms with E-state index in [-0.39, 0.29) is 21.1 Å². The molecule has 0 atom stereocenters. The molecule has 0 saturated heterocycles. The Morgan fingerprint density at radius 1 is 1.17 bits per heavy atom. The van der Waals surface area contributed by atoms with Crippen molar-refractivity contribution in [3.05, 3.63) is 48.0 Å². The van der Waals surface area contributed by atoms with Gasteiger partial charge in [-0.05, 0) is 23.6 Å². The maximum absolute atomic E-state index is 3.75. The monoisotopic (exact) mass is 339 g/mol. The predicted octanol–water partition coefficient (Wildman–Crippen LogP) is 3.28. The molecule has 0 amide bonds. The summed E-state index contributed by atoms with van der Waals surface area (Å²) in [7, 11) is 0. The molecule has 0 fully saturated rings. The Kier molecular flexibility index (Phi) is 4.85. The van der Waals surface area contributed by atoms with Crippen molar-refractivity contribution in [3.63, 3.8) is 0 Å². The smallest absolute Gasteiger partial charge is 0 e. The molecule has 1 heteroatoms. The van der Waals surface area contributed by atoms with Gasteiger partial charge in [-0.3, -0.25) is 0 Å². The van der Waals surface area contributed by atoms with E-state index >= 15 is 0 Å². The van der Waals surface area contributed by atoms with Gasteiger partial charge < -0.3 is 0 Å². The summed E-state index contributed by atoms with van der Waals surface area (Å²) in [6.45, 7) is 9.56. The molecule has 12 heavy (non-hydrogen) atoms. The molecule has 1 aromatic carbocycles. The van der Waals surface area contributed by atoms with E-state index in [2.05, 4.69) is 26.1 Å². The molecule has 0 aromatic heterocycles. The van der Waals surface area contributed by atoms with Crippen LogP contribution in [0.1, 0.15) is 16.7 Å². The molecule has 0 saturated carbocycles. The van der Waals surface area contributed by atoms with Gasteiger partial charge in [-0.2, -0.15) is 0 Å². The Labute approximate surface area is 88.3 Å². The van der Waals surface area contributed by atoms with E-state index < -0.39 is 0 Å². The van der Waals surface area contributed by atoms with E-state index in [1.54, 1.807) is 0 Å². The number of benzene rings is 1. The molecule has 1 aromatic rings. The molecule has 1 rings (SSSR count). The minimum Gasteiger partial charge on any atom is -0.0984 e. The van der Waals surface area contributed by atoms with E-state index in [1.165, 1.54) is 11.1 Å². The second kappa shape index (κ2) is 5.11. The Bertz CT molecular complexity index is 287. The van der Waals surface area contributed by atoms with Gasteiger partial charge in [-0.25, -0.2) is 0 Å². The molecule has 0 nitrogen and oxygen atoms in total. The molecule has 0 aliphatic rings. The fourth-order valence-electron chi connectivity index (χ4n) is 1.16. The van der Waals surface area contributed by atoms with Gasteiger partial charge in [0, 0.05) is 21.1 Å². The molecular weight excluding hydrogens is 327 g/mol. The Morgan fingerprint density at radius 3 is 2.25 bits per heavy atom. The van der Waals surface area contributed by atoms with Crippen LogP contribution in [0.4, 0.5) is 0 Å². The minimum atomic E-state index is 0. The summed E-state index contributed by atoms with van der Waals surface area (Å²) < 4.78 is 0. The van der Waals surface area contributed by atoms with E-state index in [4.69, 9.17) is 0 Å². The summed E-state index contributed by atoms with van der Waals surface area (Å²) in [6.07, 6.45) is 3.72. The second-order valence-corrected chi connectivity index (χ2v) is 2.49. The molecule has 0 aliphatic carbocycles. The van der Waals surface area contributed by atoms with Crippen LogP contribution in [-0.2, 0) is 21.1 Å². The summed E-state index contributed by atoms with van der Waals surface area (Å²) in [4.78, 5) is 0. The zero-order valence-corrected chi connectivity index (χ0v) is 9.39. The van der Waals surface area contributed by atoms with Gasteiger partial charge in [0.15, 0.2) is 0 Å². The van der Waals surface area contributed by atoms with Gasteiger partial charge in [0.25, 0.3) is 0 Å². The minimum absolute atomic E-state index is 0. The van der Waals surface area contributed by atoms with Crippen molar-refractivity contribution >= 4 is 12.2 Å². The zero-order valence-electron chi connectivity index (χ0n) is 7.12. The van der Waals surface area contributed by atoms with E-state index in [0.29, 0.717) is 0 Å². The fourth-order valence-corrected chi connectivity index (χ4v) is 1.16. The van der Waals surface area contributed by atoms with Crippen LogP contribution in [0.3, 0.4) is 0 Å². The molecule has 0 spiro atoms. The first-order valence-electron chi connectivity index (χ1n) is 3.64. The third-order valence-electron chi connectivity index (χ3n) is 1.78. The van der Waals surface area contributed by atoms with Crippen molar-refractivity contribution in [2.45, 2.75) is 6.92 Å².